The van der Waals surface area contributed by atoms with E-state index in [9.17, 15) is 14.0 Å². The molecule has 1 heterocycles. The zero-order valence-corrected chi connectivity index (χ0v) is 10.1. The number of aromatic hydroxyl groups is 1. The molecule has 0 bridgehead atoms. The summed E-state index contributed by atoms with van der Waals surface area (Å²) in [6, 6.07) is 5.81. The number of nitrogens with one attached hydrogen (secondary N) is 1. The minimum atomic E-state index is -1.22. The Balaban J connectivity index is 2.02. The Kier molecular flexibility index (Phi) is 3.69. The first-order valence-electron chi connectivity index (χ1n) is 5.56. The second-order valence-corrected chi connectivity index (χ2v) is 3.92. The van der Waals surface area contributed by atoms with E-state index in [2.05, 4.69) is 5.32 Å². The van der Waals surface area contributed by atoms with Crippen molar-refractivity contribution in [2.24, 2.45) is 0 Å². The molecule has 2 rings (SSSR count). The van der Waals surface area contributed by atoms with Crippen LogP contribution in [-0.4, -0.2) is 22.1 Å². The van der Waals surface area contributed by atoms with Gasteiger partial charge in [0.05, 0.1) is 12.1 Å². The van der Waals surface area contributed by atoms with E-state index in [0.29, 0.717) is 0 Å². The number of amides is 1. The molecule has 0 saturated carbocycles. The molecule has 6 nitrogen and oxygen atoms in total. The zero-order valence-electron chi connectivity index (χ0n) is 10.1. The summed E-state index contributed by atoms with van der Waals surface area (Å²) in [4.78, 5) is 22.3. The van der Waals surface area contributed by atoms with Crippen LogP contribution in [0, 0.1) is 5.82 Å². The van der Waals surface area contributed by atoms with Gasteiger partial charge in [0, 0.05) is 6.07 Å². The van der Waals surface area contributed by atoms with Gasteiger partial charge in [0.25, 0.3) is 5.91 Å². The number of rotatable bonds is 4. The quantitative estimate of drug-likeness (QED) is 0.791. The minimum absolute atomic E-state index is 0.0770. The number of hydrogen-bond acceptors (Lipinski definition) is 4. The van der Waals surface area contributed by atoms with Crippen LogP contribution in [0.5, 0.6) is 5.75 Å². The number of benzene rings is 1. The maximum Gasteiger partial charge on any atom is 0.371 e. The van der Waals surface area contributed by atoms with Crippen LogP contribution >= 0.6 is 0 Å². The molecule has 2 aromatic rings. The first kappa shape index (κ1) is 13.6. The standard InChI is InChI=1S/C13H10FNO5/c14-10-5-7(16)1-3-9(10)12(17)15-6-8-2-4-11(20-8)13(18)19/h1-5,16H,6H2,(H,15,17)(H,18,19). The Morgan fingerprint density at radius 2 is 2.00 bits per heavy atom. The van der Waals surface area contributed by atoms with Gasteiger partial charge in [-0.05, 0) is 24.3 Å². The van der Waals surface area contributed by atoms with E-state index < -0.39 is 17.7 Å². The lowest BCUT2D eigenvalue weighted by atomic mass is 10.2. The molecular weight excluding hydrogens is 269 g/mol. The summed E-state index contributed by atoms with van der Waals surface area (Å²) in [5.74, 6) is -3.06. The molecule has 0 unspecified atom stereocenters. The van der Waals surface area contributed by atoms with Crippen molar-refractivity contribution in [3.63, 3.8) is 0 Å². The highest BCUT2D eigenvalue weighted by molar-refractivity contribution is 5.94. The molecule has 104 valence electrons. The van der Waals surface area contributed by atoms with Crippen LogP contribution in [-0.2, 0) is 6.54 Å². The lowest BCUT2D eigenvalue weighted by Crippen LogP contribution is -2.23. The fourth-order valence-electron chi connectivity index (χ4n) is 1.54. The topological polar surface area (TPSA) is 99.8 Å². The third kappa shape index (κ3) is 2.94. The molecule has 0 aliphatic rings. The average Bonchev–Trinajstić information content (AvgIpc) is 2.85. The van der Waals surface area contributed by atoms with Gasteiger partial charge in [-0.2, -0.15) is 0 Å². The second-order valence-electron chi connectivity index (χ2n) is 3.92. The SMILES string of the molecule is O=C(O)c1ccc(CNC(=O)c2ccc(O)cc2F)o1. The molecule has 0 fully saturated rings. The number of carbonyl (C=O) groups excluding carboxylic acids is 1. The fourth-order valence-corrected chi connectivity index (χ4v) is 1.54. The van der Waals surface area contributed by atoms with E-state index in [0.717, 1.165) is 12.1 Å². The van der Waals surface area contributed by atoms with E-state index in [1.807, 2.05) is 0 Å². The van der Waals surface area contributed by atoms with E-state index in [4.69, 9.17) is 14.6 Å². The fraction of sp³-hybridized carbons (Fsp3) is 0.0769. The van der Waals surface area contributed by atoms with Crippen molar-refractivity contribution in [2.75, 3.05) is 0 Å². The first-order chi connectivity index (χ1) is 9.47. The zero-order chi connectivity index (χ0) is 14.7. The summed E-state index contributed by atoms with van der Waals surface area (Å²) < 4.78 is 18.3. The summed E-state index contributed by atoms with van der Waals surface area (Å²) in [6.07, 6.45) is 0. The van der Waals surface area contributed by atoms with Crippen molar-refractivity contribution in [2.45, 2.75) is 6.54 Å². The minimum Gasteiger partial charge on any atom is -0.508 e. The number of aromatic carboxylic acids is 1. The Labute approximate surface area is 112 Å². The van der Waals surface area contributed by atoms with Gasteiger partial charge in [-0.3, -0.25) is 4.79 Å². The lowest BCUT2D eigenvalue weighted by Gasteiger charge is -2.04. The molecule has 1 aromatic carbocycles. The van der Waals surface area contributed by atoms with Gasteiger partial charge >= 0.3 is 5.97 Å². The number of carbonyl (C=O) groups is 2. The highest BCUT2D eigenvalue weighted by Gasteiger charge is 2.13. The van der Waals surface area contributed by atoms with Gasteiger partial charge in [-0.25, -0.2) is 9.18 Å². The monoisotopic (exact) mass is 279 g/mol. The summed E-state index contributed by atoms with van der Waals surface area (Å²) in [7, 11) is 0. The average molecular weight is 279 g/mol. The molecule has 1 amide bonds. The van der Waals surface area contributed by atoms with Gasteiger partial charge < -0.3 is 19.9 Å². The largest absolute Gasteiger partial charge is 0.508 e. The maximum absolute atomic E-state index is 13.4. The molecule has 0 aliphatic carbocycles. The van der Waals surface area contributed by atoms with Crippen molar-refractivity contribution < 1.29 is 28.6 Å². The van der Waals surface area contributed by atoms with E-state index in [1.54, 1.807) is 0 Å². The summed E-state index contributed by atoms with van der Waals surface area (Å²) in [5, 5.41) is 20.1. The number of hydrogen-bond donors (Lipinski definition) is 3. The predicted octanol–water partition coefficient (Wildman–Crippen LogP) is 1.75. The third-order valence-electron chi connectivity index (χ3n) is 2.49. The Hall–Kier alpha value is -2.83. The molecule has 0 spiro atoms. The normalized spacial score (nSPS) is 10.2. The molecule has 0 saturated heterocycles. The van der Waals surface area contributed by atoms with Crippen LogP contribution in [0.1, 0.15) is 26.7 Å². The van der Waals surface area contributed by atoms with Crippen molar-refractivity contribution in [3.8, 4) is 5.75 Å². The van der Waals surface area contributed by atoms with Gasteiger partial charge in [-0.15, -0.1) is 0 Å². The van der Waals surface area contributed by atoms with Crippen molar-refractivity contribution in [3.05, 3.63) is 53.2 Å². The number of phenolic OH excluding ortho intramolecular Hbond substituents is 1. The van der Waals surface area contributed by atoms with E-state index >= 15 is 0 Å². The van der Waals surface area contributed by atoms with Crippen LogP contribution in [0.4, 0.5) is 4.39 Å². The summed E-state index contributed by atoms with van der Waals surface area (Å²) in [5.41, 5.74) is -0.229. The van der Waals surface area contributed by atoms with Crippen LogP contribution in [0.15, 0.2) is 34.7 Å². The maximum atomic E-state index is 13.4. The number of phenols is 1. The Morgan fingerprint density at radius 3 is 2.60 bits per heavy atom. The highest BCUT2D eigenvalue weighted by atomic mass is 19.1. The van der Waals surface area contributed by atoms with Gasteiger partial charge in [0.15, 0.2) is 0 Å². The van der Waals surface area contributed by atoms with Crippen LogP contribution in [0.25, 0.3) is 0 Å². The highest BCUT2D eigenvalue weighted by Crippen LogP contribution is 2.15. The van der Waals surface area contributed by atoms with E-state index in [1.165, 1.54) is 18.2 Å². The molecular formula is C13H10FNO5. The van der Waals surface area contributed by atoms with Crippen LogP contribution in [0.3, 0.4) is 0 Å². The molecule has 0 aliphatic heterocycles. The first-order valence-corrected chi connectivity index (χ1v) is 5.56. The number of carboxylic acids is 1. The van der Waals surface area contributed by atoms with Crippen molar-refractivity contribution in [1.29, 1.82) is 0 Å². The molecule has 1 aromatic heterocycles. The molecule has 7 heteroatoms. The predicted molar refractivity (Wildman–Crippen MR) is 64.9 cm³/mol. The number of furan rings is 1. The number of carboxylic acid groups (broad SMARTS) is 1. The van der Waals surface area contributed by atoms with Crippen LogP contribution in [0.2, 0.25) is 0 Å². The summed E-state index contributed by atoms with van der Waals surface area (Å²) in [6.45, 7) is -0.0770. The van der Waals surface area contributed by atoms with E-state index in [-0.39, 0.29) is 29.4 Å². The molecule has 3 N–H and O–H groups in total. The molecule has 0 atom stereocenters. The Morgan fingerprint density at radius 1 is 1.25 bits per heavy atom. The summed E-state index contributed by atoms with van der Waals surface area (Å²) >= 11 is 0. The van der Waals surface area contributed by atoms with Gasteiger partial charge in [0.1, 0.15) is 17.3 Å². The van der Waals surface area contributed by atoms with Gasteiger partial charge in [-0.1, -0.05) is 0 Å². The number of halogens is 1. The second kappa shape index (κ2) is 5.43. The third-order valence-corrected chi connectivity index (χ3v) is 2.49. The van der Waals surface area contributed by atoms with Crippen molar-refractivity contribution >= 4 is 11.9 Å². The lowest BCUT2D eigenvalue weighted by molar-refractivity contribution is 0.0660. The van der Waals surface area contributed by atoms with Crippen molar-refractivity contribution in [1.82, 2.24) is 5.32 Å². The molecule has 0 radical (unpaired) electrons. The van der Waals surface area contributed by atoms with Crippen LogP contribution < -0.4 is 5.32 Å². The smallest absolute Gasteiger partial charge is 0.371 e. The molecule has 20 heavy (non-hydrogen) atoms. The Bertz CT molecular complexity index is 665. The van der Waals surface area contributed by atoms with Gasteiger partial charge in [0.2, 0.25) is 5.76 Å².